The predicted octanol–water partition coefficient (Wildman–Crippen LogP) is 4.21. The number of hydrogen-bond acceptors (Lipinski definition) is 4. The van der Waals surface area contributed by atoms with E-state index in [2.05, 4.69) is 24.5 Å². The highest BCUT2D eigenvalue weighted by atomic mass is 35.5. The summed E-state index contributed by atoms with van der Waals surface area (Å²) >= 11 is 16.4. The van der Waals surface area contributed by atoms with E-state index >= 15 is 0 Å². The third-order valence-corrected chi connectivity index (χ3v) is 7.69. The molecule has 0 saturated carbocycles. The number of thiol groups is 1. The summed E-state index contributed by atoms with van der Waals surface area (Å²) in [6.45, 7) is 6.24. The van der Waals surface area contributed by atoms with Gasteiger partial charge in [-0.1, -0.05) is 41.9 Å². The largest absolute Gasteiger partial charge is 0.355 e. The van der Waals surface area contributed by atoms with Crippen LogP contribution in [0, 0.1) is 12.8 Å². The summed E-state index contributed by atoms with van der Waals surface area (Å²) in [5, 5.41) is 3.35. The summed E-state index contributed by atoms with van der Waals surface area (Å²) in [7, 11) is -3.81. The van der Waals surface area contributed by atoms with E-state index < -0.39 is 15.9 Å². The minimum absolute atomic E-state index is 0.0198. The summed E-state index contributed by atoms with van der Waals surface area (Å²) in [6.07, 6.45) is 5.24. The molecule has 0 aliphatic carbocycles. The molecule has 1 amide bonds. The number of carbonyl (C=O) groups is 1. The Balaban J connectivity index is 2.08. The van der Waals surface area contributed by atoms with Crippen molar-refractivity contribution in [3.8, 4) is 0 Å². The predicted molar refractivity (Wildman–Crippen MR) is 118 cm³/mol. The number of aryl methyl sites for hydroxylation is 1. The molecule has 0 bridgehead atoms. The van der Waals surface area contributed by atoms with Crippen LogP contribution >= 0.6 is 35.8 Å². The Hall–Kier alpha value is -0.990. The molecule has 9 heteroatoms. The minimum Gasteiger partial charge on any atom is -0.355 e. The molecule has 0 spiro atoms. The number of allylic oxidation sites excluding steroid dienone is 2. The number of benzene rings is 1. The topological polar surface area (TPSA) is 66.5 Å². The summed E-state index contributed by atoms with van der Waals surface area (Å²) in [5.41, 5.74) is 0.631. The van der Waals surface area contributed by atoms with Gasteiger partial charge in [-0.15, -0.1) is 12.6 Å². The van der Waals surface area contributed by atoms with Gasteiger partial charge in [0.05, 0.1) is 10.9 Å². The number of piperidine rings is 1. The van der Waals surface area contributed by atoms with E-state index in [-0.39, 0.29) is 22.4 Å². The van der Waals surface area contributed by atoms with Crippen LogP contribution in [-0.4, -0.2) is 38.3 Å². The van der Waals surface area contributed by atoms with Gasteiger partial charge in [-0.25, -0.2) is 8.42 Å². The highest BCUT2D eigenvalue weighted by Crippen LogP contribution is 2.32. The quantitative estimate of drug-likeness (QED) is 0.470. The summed E-state index contributed by atoms with van der Waals surface area (Å²) in [6, 6.07) is 2.91. The van der Waals surface area contributed by atoms with Crippen molar-refractivity contribution in [2.45, 2.75) is 31.1 Å². The zero-order chi connectivity index (χ0) is 20.9. The number of nitrogens with one attached hydrogen (secondary N) is 1. The van der Waals surface area contributed by atoms with E-state index in [1.165, 1.54) is 16.4 Å². The molecule has 0 radical (unpaired) electrons. The van der Waals surface area contributed by atoms with Crippen LogP contribution in [0.15, 0.2) is 40.7 Å². The highest BCUT2D eigenvalue weighted by Gasteiger charge is 2.34. The summed E-state index contributed by atoms with van der Waals surface area (Å²) in [4.78, 5) is 13.3. The third kappa shape index (κ3) is 5.76. The smallest absolute Gasteiger partial charge is 0.244 e. The molecule has 1 fully saturated rings. The van der Waals surface area contributed by atoms with Crippen molar-refractivity contribution in [2.24, 2.45) is 5.92 Å². The van der Waals surface area contributed by atoms with Gasteiger partial charge in [0, 0.05) is 24.7 Å². The molecule has 1 aromatic carbocycles. The molecule has 28 heavy (non-hydrogen) atoms. The van der Waals surface area contributed by atoms with E-state index in [1.807, 2.05) is 0 Å². The first kappa shape index (κ1) is 23.3. The Morgan fingerprint density at radius 2 is 2.11 bits per heavy atom. The van der Waals surface area contributed by atoms with Crippen molar-refractivity contribution in [1.29, 1.82) is 0 Å². The van der Waals surface area contributed by atoms with Crippen LogP contribution in [0.2, 0.25) is 10.0 Å². The lowest BCUT2D eigenvalue weighted by molar-refractivity contribution is -0.126. The van der Waals surface area contributed by atoms with Crippen molar-refractivity contribution >= 4 is 51.8 Å². The number of nitrogens with zero attached hydrogens (tertiary/aromatic N) is 1. The molecular weight excluding hydrogens is 439 g/mol. The van der Waals surface area contributed by atoms with Crippen molar-refractivity contribution in [3.63, 3.8) is 0 Å². The van der Waals surface area contributed by atoms with Gasteiger partial charge in [-0.05, 0) is 48.8 Å². The number of hydrogen-bond donors (Lipinski definition) is 2. The lowest BCUT2D eigenvalue weighted by atomic mass is 9.99. The van der Waals surface area contributed by atoms with Gasteiger partial charge < -0.3 is 5.32 Å². The van der Waals surface area contributed by atoms with Gasteiger partial charge in [0.2, 0.25) is 15.9 Å². The Bertz CT molecular complexity index is 885. The van der Waals surface area contributed by atoms with Crippen LogP contribution < -0.4 is 5.32 Å². The van der Waals surface area contributed by atoms with Gasteiger partial charge >= 0.3 is 0 Å². The second-order valence-corrected chi connectivity index (χ2v) is 9.96. The molecule has 1 N–H and O–H groups in total. The Labute approximate surface area is 182 Å². The lowest BCUT2D eigenvalue weighted by Gasteiger charge is -2.31. The van der Waals surface area contributed by atoms with Crippen LogP contribution in [-0.2, 0) is 14.8 Å². The number of sulfonamides is 1. The maximum atomic E-state index is 13.1. The van der Waals surface area contributed by atoms with Crippen molar-refractivity contribution in [2.75, 3.05) is 19.6 Å². The molecule has 1 unspecified atom stereocenters. The van der Waals surface area contributed by atoms with E-state index in [4.69, 9.17) is 23.2 Å². The molecule has 1 aliphatic heterocycles. The van der Waals surface area contributed by atoms with Gasteiger partial charge in [0.1, 0.15) is 4.90 Å². The van der Waals surface area contributed by atoms with Crippen molar-refractivity contribution < 1.29 is 13.2 Å². The second-order valence-electron chi connectivity index (χ2n) is 6.67. The van der Waals surface area contributed by atoms with Crippen molar-refractivity contribution in [1.82, 2.24) is 9.62 Å². The Morgan fingerprint density at radius 3 is 2.79 bits per heavy atom. The molecular formula is C19H24Cl2N2O3S2. The zero-order valence-corrected chi connectivity index (χ0v) is 18.8. The van der Waals surface area contributed by atoms with Crippen molar-refractivity contribution in [3.05, 3.63) is 51.4 Å². The number of carbonyl (C=O) groups excluding carboxylic acids is 1. The molecule has 5 nitrogen and oxygen atoms in total. The first-order chi connectivity index (χ1) is 13.2. The van der Waals surface area contributed by atoms with Crippen LogP contribution in [0.4, 0.5) is 0 Å². The van der Waals surface area contributed by atoms with E-state index in [0.717, 1.165) is 4.91 Å². The fourth-order valence-corrected chi connectivity index (χ4v) is 5.57. The van der Waals surface area contributed by atoms with Gasteiger partial charge in [-0.2, -0.15) is 4.31 Å². The highest BCUT2D eigenvalue weighted by molar-refractivity contribution is 7.89. The summed E-state index contributed by atoms with van der Waals surface area (Å²) in [5.74, 6) is -0.555. The maximum absolute atomic E-state index is 13.1. The molecule has 0 aromatic heterocycles. The first-order valence-electron chi connectivity index (χ1n) is 8.91. The van der Waals surface area contributed by atoms with Crippen LogP contribution in [0.5, 0.6) is 0 Å². The van der Waals surface area contributed by atoms with E-state index in [9.17, 15) is 13.2 Å². The van der Waals surface area contributed by atoms with Crippen LogP contribution in [0.25, 0.3) is 0 Å². The van der Waals surface area contributed by atoms with Crippen LogP contribution in [0.3, 0.4) is 0 Å². The molecule has 1 atom stereocenters. The first-order valence-corrected chi connectivity index (χ1v) is 11.5. The molecule has 154 valence electrons. The number of halogens is 2. The minimum atomic E-state index is -3.81. The Morgan fingerprint density at radius 1 is 1.39 bits per heavy atom. The number of rotatable bonds is 7. The normalized spacial score (nSPS) is 18.7. The number of amides is 1. The standard InChI is InChI=1S/C19H24Cl2N2O3S2/c1-3-5-15(27)7-8-22-19(24)14-6-4-9-23(12-14)28(25,26)18-10-13(2)16(20)11-17(18)21/h3,5,10-11,14,27H,1,4,6-9,12H2,2H3,(H,22,24)/b15-5-. The average molecular weight is 463 g/mol. The van der Waals surface area contributed by atoms with Gasteiger partial charge in [0.15, 0.2) is 0 Å². The third-order valence-electron chi connectivity index (χ3n) is 4.58. The maximum Gasteiger partial charge on any atom is 0.244 e. The Kier molecular flexibility index (Phi) is 8.45. The van der Waals surface area contributed by atoms with Crippen LogP contribution in [0.1, 0.15) is 24.8 Å². The molecule has 2 rings (SSSR count). The second kappa shape index (κ2) is 10.2. The fraction of sp³-hybridized carbons (Fsp3) is 0.421. The summed E-state index contributed by atoms with van der Waals surface area (Å²) < 4.78 is 27.4. The van der Waals surface area contributed by atoms with E-state index in [0.29, 0.717) is 42.9 Å². The van der Waals surface area contributed by atoms with Gasteiger partial charge in [0.25, 0.3) is 0 Å². The molecule has 1 heterocycles. The SMILES string of the molecule is C=C/C=C(\S)CCNC(=O)C1CCCN(S(=O)(=O)c2cc(C)c(Cl)cc2Cl)C1. The average Bonchev–Trinajstić information content (AvgIpc) is 2.64. The molecule has 1 saturated heterocycles. The molecule has 1 aromatic rings. The zero-order valence-electron chi connectivity index (χ0n) is 15.6. The molecule has 1 aliphatic rings. The lowest BCUT2D eigenvalue weighted by Crippen LogP contribution is -2.45. The van der Waals surface area contributed by atoms with E-state index in [1.54, 1.807) is 19.1 Å². The fourth-order valence-electron chi connectivity index (χ4n) is 3.02. The van der Waals surface area contributed by atoms with Gasteiger partial charge in [-0.3, -0.25) is 4.79 Å². The monoisotopic (exact) mass is 462 g/mol.